The normalized spacial score (nSPS) is 31.0. The van der Waals surface area contributed by atoms with Crippen LogP contribution >= 0.6 is 10.7 Å². The number of aliphatic carboxylic acids is 1. The van der Waals surface area contributed by atoms with Crippen molar-refractivity contribution in [2.45, 2.75) is 18.1 Å². The van der Waals surface area contributed by atoms with Gasteiger partial charge in [-0.3, -0.25) is 4.79 Å². The number of carbonyl (C=O) groups is 1. The van der Waals surface area contributed by atoms with Gasteiger partial charge in [0.1, 0.15) is 0 Å². The molecule has 1 fully saturated rings. The third kappa shape index (κ3) is 1.84. The van der Waals surface area contributed by atoms with Gasteiger partial charge in [0.2, 0.25) is 9.05 Å². The van der Waals surface area contributed by atoms with E-state index >= 15 is 0 Å². The maximum Gasteiger partial charge on any atom is 0.306 e. The van der Waals surface area contributed by atoms with E-state index in [4.69, 9.17) is 15.8 Å². The summed E-state index contributed by atoms with van der Waals surface area (Å²) in [6, 6.07) is 0. The van der Waals surface area contributed by atoms with Gasteiger partial charge in [-0.15, -0.1) is 0 Å². The summed E-state index contributed by atoms with van der Waals surface area (Å²) in [6.45, 7) is 0. The molecule has 0 radical (unpaired) electrons. The Kier molecular flexibility index (Phi) is 2.11. The number of hydrogen-bond donors (Lipinski definition) is 1. The van der Waals surface area contributed by atoms with Gasteiger partial charge in [-0.05, 0) is 12.8 Å². The summed E-state index contributed by atoms with van der Waals surface area (Å²) in [5.74, 6) is -1.46. The molecule has 1 aliphatic rings. The maximum absolute atomic E-state index is 10.6. The molecule has 0 aromatic carbocycles. The smallest absolute Gasteiger partial charge is 0.306 e. The van der Waals surface area contributed by atoms with Crippen LogP contribution in [0.15, 0.2) is 0 Å². The van der Waals surface area contributed by atoms with Crippen LogP contribution in [0.1, 0.15) is 12.8 Å². The number of carboxylic acid groups (broad SMARTS) is 1. The molecule has 11 heavy (non-hydrogen) atoms. The van der Waals surface area contributed by atoms with Gasteiger partial charge >= 0.3 is 5.97 Å². The van der Waals surface area contributed by atoms with Gasteiger partial charge in [-0.25, -0.2) is 8.42 Å². The molecular weight excluding hydrogens is 192 g/mol. The highest BCUT2D eigenvalue weighted by Crippen LogP contribution is 2.34. The van der Waals surface area contributed by atoms with Gasteiger partial charge in [-0.1, -0.05) is 0 Å². The first kappa shape index (κ1) is 8.80. The molecule has 64 valence electrons. The van der Waals surface area contributed by atoms with Crippen LogP contribution in [0.3, 0.4) is 0 Å². The molecule has 0 aromatic rings. The Balaban J connectivity index is 2.48. The van der Waals surface area contributed by atoms with Gasteiger partial charge in [-0.2, -0.15) is 0 Å². The second-order valence-corrected chi connectivity index (χ2v) is 5.51. The van der Waals surface area contributed by atoms with Crippen molar-refractivity contribution >= 4 is 25.7 Å². The molecule has 6 heteroatoms. The molecule has 0 heterocycles. The molecule has 0 atom stereocenters. The molecule has 0 aromatic heterocycles. The SMILES string of the molecule is O=C(O)C1CC(S(=O)(=O)Cl)C1. The molecule has 0 unspecified atom stereocenters. The fourth-order valence-electron chi connectivity index (χ4n) is 0.997. The standard InChI is InChI=1S/C5H7ClO4S/c6-11(9,10)4-1-3(2-4)5(7)8/h3-4H,1-2H2,(H,7,8). The zero-order chi connectivity index (χ0) is 8.65. The Hall–Kier alpha value is -0.290. The van der Waals surface area contributed by atoms with Gasteiger partial charge in [0, 0.05) is 10.7 Å². The van der Waals surface area contributed by atoms with Crippen LogP contribution in [0.4, 0.5) is 0 Å². The van der Waals surface area contributed by atoms with Crippen molar-refractivity contribution in [1.29, 1.82) is 0 Å². The van der Waals surface area contributed by atoms with Crippen LogP contribution in [0.25, 0.3) is 0 Å². The summed E-state index contributed by atoms with van der Waals surface area (Å²) in [7, 11) is 1.46. The summed E-state index contributed by atoms with van der Waals surface area (Å²) in [4.78, 5) is 10.2. The zero-order valence-corrected chi connectivity index (χ0v) is 7.10. The van der Waals surface area contributed by atoms with Crippen LogP contribution in [0, 0.1) is 5.92 Å². The molecular formula is C5H7ClO4S. The average Bonchev–Trinajstić information content (AvgIpc) is 1.51. The lowest BCUT2D eigenvalue weighted by Crippen LogP contribution is -2.37. The second kappa shape index (κ2) is 2.64. The lowest BCUT2D eigenvalue weighted by atomic mass is 9.85. The maximum atomic E-state index is 10.6. The zero-order valence-electron chi connectivity index (χ0n) is 5.53. The molecule has 1 rings (SSSR count). The van der Waals surface area contributed by atoms with Crippen LogP contribution in [0.5, 0.6) is 0 Å². The highest BCUT2D eigenvalue weighted by molar-refractivity contribution is 8.14. The number of halogens is 1. The largest absolute Gasteiger partial charge is 0.481 e. The molecule has 1 N–H and O–H groups in total. The van der Waals surface area contributed by atoms with Crippen LogP contribution in [0.2, 0.25) is 0 Å². The fraction of sp³-hybridized carbons (Fsp3) is 0.800. The predicted molar refractivity (Wildman–Crippen MR) is 38.9 cm³/mol. The topological polar surface area (TPSA) is 71.4 Å². The van der Waals surface area contributed by atoms with Gasteiger partial charge in [0.05, 0.1) is 11.2 Å². The highest BCUT2D eigenvalue weighted by Gasteiger charge is 2.41. The third-order valence-electron chi connectivity index (χ3n) is 1.84. The van der Waals surface area contributed by atoms with Crippen molar-refractivity contribution in [2.75, 3.05) is 0 Å². The molecule has 0 aliphatic heterocycles. The van der Waals surface area contributed by atoms with Gasteiger partial charge < -0.3 is 5.11 Å². The van der Waals surface area contributed by atoms with E-state index in [9.17, 15) is 13.2 Å². The van der Waals surface area contributed by atoms with Crippen LogP contribution in [-0.4, -0.2) is 24.7 Å². The Morgan fingerprint density at radius 3 is 2.18 bits per heavy atom. The molecule has 0 spiro atoms. The third-order valence-corrected chi connectivity index (χ3v) is 3.78. The Morgan fingerprint density at radius 2 is 1.91 bits per heavy atom. The van der Waals surface area contributed by atoms with E-state index in [1.807, 2.05) is 0 Å². The van der Waals surface area contributed by atoms with Crippen molar-refractivity contribution in [3.05, 3.63) is 0 Å². The van der Waals surface area contributed by atoms with Crippen molar-refractivity contribution in [3.8, 4) is 0 Å². The van der Waals surface area contributed by atoms with E-state index in [0.717, 1.165) is 0 Å². The lowest BCUT2D eigenvalue weighted by molar-refractivity contribution is -0.144. The van der Waals surface area contributed by atoms with E-state index in [-0.39, 0.29) is 12.8 Å². The Morgan fingerprint density at radius 1 is 1.45 bits per heavy atom. The Labute approximate surface area is 68.6 Å². The number of hydrogen-bond acceptors (Lipinski definition) is 3. The Bertz CT molecular complexity index is 264. The monoisotopic (exact) mass is 198 g/mol. The van der Waals surface area contributed by atoms with E-state index in [1.54, 1.807) is 0 Å². The summed E-state index contributed by atoms with van der Waals surface area (Å²) in [6.07, 6.45) is 0.308. The number of carboxylic acids is 1. The van der Waals surface area contributed by atoms with Crippen LogP contribution in [-0.2, 0) is 13.8 Å². The van der Waals surface area contributed by atoms with E-state index in [0.29, 0.717) is 0 Å². The average molecular weight is 199 g/mol. The summed E-state index contributed by atoms with van der Waals surface area (Å²) in [5, 5.41) is 7.73. The van der Waals surface area contributed by atoms with Crippen LogP contribution < -0.4 is 0 Å². The van der Waals surface area contributed by atoms with Crippen molar-refractivity contribution in [1.82, 2.24) is 0 Å². The molecule has 1 saturated carbocycles. The highest BCUT2D eigenvalue weighted by atomic mass is 35.7. The summed E-state index contributed by atoms with van der Waals surface area (Å²) >= 11 is 0. The minimum Gasteiger partial charge on any atom is -0.481 e. The first-order valence-electron chi connectivity index (χ1n) is 3.07. The van der Waals surface area contributed by atoms with E-state index in [2.05, 4.69) is 0 Å². The molecule has 0 amide bonds. The van der Waals surface area contributed by atoms with Crippen molar-refractivity contribution in [3.63, 3.8) is 0 Å². The molecule has 0 saturated heterocycles. The minimum absolute atomic E-state index is 0.154. The van der Waals surface area contributed by atoms with E-state index < -0.39 is 26.2 Å². The predicted octanol–water partition coefficient (Wildman–Crippen LogP) is 0.418. The molecule has 1 aliphatic carbocycles. The lowest BCUT2D eigenvalue weighted by Gasteiger charge is -2.29. The summed E-state index contributed by atoms with van der Waals surface area (Å²) < 4.78 is 21.1. The first-order valence-corrected chi connectivity index (χ1v) is 5.45. The summed E-state index contributed by atoms with van der Waals surface area (Å²) in [5.41, 5.74) is 0. The number of rotatable bonds is 2. The van der Waals surface area contributed by atoms with Crippen molar-refractivity contribution < 1.29 is 18.3 Å². The minimum atomic E-state index is -3.52. The van der Waals surface area contributed by atoms with Gasteiger partial charge in [0.25, 0.3) is 0 Å². The first-order chi connectivity index (χ1) is 4.91. The van der Waals surface area contributed by atoms with E-state index in [1.165, 1.54) is 0 Å². The second-order valence-electron chi connectivity index (χ2n) is 2.60. The molecule has 4 nitrogen and oxygen atoms in total. The van der Waals surface area contributed by atoms with Gasteiger partial charge in [0.15, 0.2) is 0 Å². The van der Waals surface area contributed by atoms with Crippen molar-refractivity contribution in [2.24, 2.45) is 5.92 Å². The quantitative estimate of drug-likeness (QED) is 0.653. The fourth-order valence-corrected chi connectivity index (χ4v) is 2.36. The molecule has 0 bridgehead atoms.